The summed E-state index contributed by atoms with van der Waals surface area (Å²) in [6.45, 7) is 0.979. The Balaban J connectivity index is 2.15. The maximum atomic E-state index is 12.6. The molecule has 0 saturated carbocycles. The molecule has 1 aliphatic heterocycles. The van der Waals surface area contributed by atoms with Crippen LogP contribution in [0.1, 0.15) is 28.8 Å². The van der Waals surface area contributed by atoms with Gasteiger partial charge in [0.05, 0.1) is 5.56 Å². The summed E-state index contributed by atoms with van der Waals surface area (Å²) in [5, 5.41) is 0.0468. The molecule has 0 aliphatic carbocycles. The first-order valence-corrected chi connectivity index (χ1v) is 6.42. The number of rotatable bonds is 1. The zero-order valence-electron chi connectivity index (χ0n) is 10.1. The van der Waals surface area contributed by atoms with Gasteiger partial charge in [-0.1, -0.05) is 6.07 Å². The lowest BCUT2D eigenvalue weighted by molar-refractivity contribution is -0.137. The number of benzene rings is 1. The fourth-order valence-electron chi connectivity index (χ4n) is 2.06. The first-order chi connectivity index (χ1) is 8.88. The molecule has 0 N–H and O–H groups in total. The van der Waals surface area contributed by atoms with Crippen LogP contribution in [-0.2, 0) is 6.18 Å². The molecule has 19 heavy (non-hydrogen) atoms. The number of piperidine rings is 1. The molecule has 6 heteroatoms. The molecule has 1 aliphatic rings. The van der Waals surface area contributed by atoms with Crippen LogP contribution in [0.3, 0.4) is 0 Å². The van der Waals surface area contributed by atoms with Crippen molar-refractivity contribution in [3.05, 3.63) is 35.4 Å². The Morgan fingerprint density at radius 2 is 1.89 bits per heavy atom. The standard InChI is InChI=1S/C13H13ClF3NO/c14-11-4-6-18(7-5-11)12(19)9-2-1-3-10(8-9)13(15,16)17/h1-3,8,11H,4-7H2. The van der Waals surface area contributed by atoms with Crippen molar-refractivity contribution in [3.63, 3.8) is 0 Å². The number of hydrogen-bond acceptors (Lipinski definition) is 1. The van der Waals surface area contributed by atoms with Gasteiger partial charge in [-0.3, -0.25) is 4.79 Å². The van der Waals surface area contributed by atoms with Gasteiger partial charge in [-0.25, -0.2) is 0 Å². The van der Waals surface area contributed by atoms with E-state index in [1.807, 2.05) is 0 Å². The van der Waals surface area contributed by atoms with E-state index in [9.17, 15) is 18.0 Å². The van der Waals surface area contributed by atoms with E-state index in [0.717, 1.165) is 12.1 Å². The van der Waals surface area contributed by atoms with Crippen molar-refractivity contribution in [2.24, 2.45) is 0 Å². The summed E-state index contributed by atoms with van der Waals surface area (Å²) in [5.41, 5.74) is -0.728. The molecule has 0 unspecified atom stereocenters. The van der Waals surface area contributed by atoms with Gasteiger partial charge in [-0.15, -0.1) is 11.6 Å². The largest absolute Gasteiger partial charge is 0.416 e. The molecule has 1 aromatic carbocycles. The van der Waals surface area contributed by atoms with Gasteiger partial charge in [0.1, 0.15) is 0 Å². The van der Waals surface area contributed by atoms with E-state index in [2.05, 4.69) is 0 Å². The van der Waals surface area contributed by atoms with Gasteiger partial charge in [0.25, 0.3) is 5.91 Å². The summed E-state index contributed by atoms with van der Waals surface area (Å²) in [7, 11) is 0. The number of carbonyl (C=O) groups is 1. The predicted octanol–water partition coefficient (Wildman–Crippen LogP) is 3.55. The van der Waals surface area contributed by atoms with Crippen LogP contribution in [-0.4, -0.2) is 29.3 Å². The molecule has 0 bridgehead atoms. The molecule has 0 aromatic heterocycles. The fraction of sp³-hybridized carbons (Fsp3) is 0.462. The molecule has 1 fully saturated rings. The van der Waals surface area contributed by atoms with Crippen molar-refractivity contribution in [2.75, 3.05) is 13.1 Å². The SMILES string of the molecule is O=C(c1cccc(C(F)(F)F)c1)N1CCC(Cl)CC1. The Morgan fingerprint density at radius 3 is 2.47 bits per heavy atom. The van der Waals surface area contributed by atoms with E-state index in [-0.39, 0.29) is 16.8 Å². The zero-order valence-corrected chi connectivity index (χ0v) is 10.8. The third kappa shape index (κ3) is 3.41. The van der Waals surface area contributed by atoms with Crippen molar-refractivity contribution in [2.45, 2.75) is 24.4 Å². The van der Waals surface area contributed by atoms with E-state index in [1.54, 1.807) is 4.90 Å². The van der Waals surface area contributed by atoms with Gasteiger partial charge in [-0.2, -0.15) is 13.2 Å². The second kappa shape index (κ2) is 5.41. The second-order valence-corrected chi connectivity index (χ2v) is 5.16. The van der Waals surface area contributed by atoms with Crippen LogP contribution in [0, 0.1) is 0 Å². The number of nitrogens with zero attached hydrogens (tertiary/aromatic N) is 1. The number of amides is 1. The van der Waals surface area contributed by atoms with Crippen LogP contribution in [0.4, 0.5) is 13.2 Å². The molecular weight excluding hydrogens is 279 g/mol. The highest BCUT2D eigenvalue weighted by atomic mass is 35.5. The van der Waals surface area contributed by atoms with E-state index < -0.39 is 11.7 Å². The Labute approximate surface area is 114 Å². The summed E-state index contributed by atoms with van der Waals surface area (Å²) in [5.74, 6) is -0.366. The number of alkyl halides is 4. The third-order valence-corrected chi connectivity index (χ3v) is 3.58. The number of likely N-dealkylation sites (tertiary alicyclic amines) is 1. The highest BCUT2D eigenvalue weighted by Gasteiger charge is 2.31. The van der Waals surface area contributed by atoms with Gasteiger partial charge >= 0.3 is 6.18 Å². The van der Waals surface area contributed by atoms with Crippen LogP contribution in [0.25, 0.3) is 0 Å². The summed E-state index contributed by atoms with van der Waals surface area (Å²) >= 11 is 5.93. The minimum atomic E-state index is -4.43. The average molecular weight is 292 g/mol. The Hall–Kier alpha value is -1.23. The first-order valence-electron chi connectivity index (χ1n) is 5.98. The molecule has 1 amide bonds. The lowest BCUT2D eigenvalue weighted by atomic mass is 10.1. The topological polar surface area (TPSA) is 20.3 Å². The highest BCUT2D eigenvalue weighted by Crippen LogP contribution is 2.30. The molecule has 1 aromatic rings. The zero-order chi connectivity index (χ0) is 14.0. The molecule has 0 atom stereocenters. The molecule has 1 heterocycles. The Bertz CT molecular complexity index is 467. The van der Waals surface area contributed by atoms with E-state index >= 15 is 0 Å². The van der Waals surface area contributed by atoms with Gasteiger partial charge in [0.2, 0.25) is 0 Å². The number of hydrogen-bond donors (Lipinski definition) is 0. The Morgan fingerprint density at radius 1 is 1.26 bits per heavy atom. The first kappa shape index (κ1) is 14.2. The highest BCUT2D eigenvalue weighted by molar-refractivity contribution is 6.20. The molecule has 104 valence electrons. The minimum Gasteiger partial charge on any atom is -0.339 e. The average Bonchev–Trinajstić information content (AvgIpc) is 2.38. The minimum absolute atomic E-state index is 0.0468. The van der Waals surface area contributed by atoms with Crippen LogP contribution in [0.5, 0.6) is 0 Å². The molecule has 2 nitrogen and oxygen atoms in total. The van der Waals surface area contributed by atoms with Crippen molar-refractivity contribution in [3.8, 4) is 0 Å². The van der Waals surface area contributed by atoms with Gasteiger partial charge in [0, 0.05) is 24.0 Å². The molecule has 2 rings (SSSR count). The van der Waals surface area contributed by atoms with Crippen molar-refractivity contribution < 1.29 is 18.0 Å². The van der Waals surface area contributed by atoms with E-state index in [0.29, 0.717) is 25.9 Å². The molecule has 1 saturated heterocycles. The monoisotopic (exact) mass is 291 g/mol. The Kier molecular flexibility index (Phi) is 4.04. The molecule has 0 spiro atoms. The van der Waals surface area contributed by atoms with E-state index in [1.165, 1.54) is 12.1 Å². The fourth-order valence-corrected chi connectivity index (χ4v) is 2.26. The maximum Gasteiger partial charge on any atom is 0.416 e. The van der Waals surface area contributed by atoms with Crippen LogP contribution < -0.4 is 0 Å². The lowest BCUT2D eigenvalue weighted by Crippen LogP contribution is -2.38. The van der Waals surface area contributed by atoms with Gasteiger partial charge in [0.15, 0.2) is 0 Å². The number of carbonyl (C=O) groups excluding carboxylic acids is 1. The van der Waals surface area contributed by atoms with Crippen molar-refractivity contribution in [1.29, 1.82) is 0 Å². The van der Waals surface area contributed by atoms with Crippen LogP contribution in [0.15, 0.2) is 24.3 Å². The number of halogens is 4. The summed E-state index contributed by atoms with van der Waals surface area (Å²) in [6, 6.07) is 4.52. The van der Waals surface area contributed by atoms with Gasteiger partial charge < -0.3 is 4.90 Å². The molecular formula is C13H13ClF3NO. The maximum absolute atomic E-state index is 12.6. The summed E-state index contributed by atoms with van der Waals surface area (Å²) in [6.07, 6.45) is -3.09. The van der Waals surface area contributed by atoms with Crippen LogP contribution in [0.2, 0.25) is 0 Å². The second-order valence-electron chi connectivity index (χ2n) is 4.55. The lowest BCUT2D eigenvalue weighted by Gasteiger charge is -2.29. The normalized spacial score (nSPS) is 17.6. The predicted molar refractivity (Wildman–Crippen MR) is 66.2 cm³/mol. The summed E-state index contributed by atoms with van der Waals surface area (Å²) in [4.78, 5) is 13.7. The van der Waals surface area contributed by atoms with E-state index in [4.69, 9.17) is 11.6 Å². The summed E-state index contributed by atoms with van der Waals surface area (Å²) < 4.78 is 37.7. The smallest absolute Gasteiger partial charge is 0.339 e. The van der Waals surface area contributed by atoms with Crippen LogP contribution >= 0.6 is 11.6 Å². The molecule has 0 radical (unpaired) electrons. The van der Waals surface area contributed by atoms with Crippen molar-refractivity contribution in [1.82, 2.24) is 4.90 Å². The quantitative estimate of drug-likeness (QED) is 0.725. The third-order valence-electron chi connectivity index (χ3n) is 3.15. The van der Waals surface area contributed by atoms with Gasteiger partial charge in [-0.05, 0) is 31.0 Å². The van der Waals surface area contributed by atoms with Crippen molar-refractivity contribution >= 4 is 17.5 Å².